The molecule has 2 rings (SSSR count). The van der Waals surface area contributed by atoms with E-state index in [1.54, 1.807) is 0 Å². The minimum atomic E-state index is 0.311. The lowest BCUT2D eigenvalue weighted by Gasteiger charge is -2.18. The highest BCUT2D eigenvalue weighted by atomic mass is 32.1. The van der Waals surface area contributed by atoms with E-state index in [1.165, 1.54) is 16.9 Å². The number of nitrogens with zero attached hydrogens (tertiary/aromatic N) is 2. The molecule has 0 amide bonds. The molecule has 1 unspecified atom stereocenters. The fourth-order valence-corrected chi connectivity index (χ4v) is 3.12. The van der Waals surface area contributed by atoms with E-state index in [0.717, 1.165) is 34.1 Å². The van der Waals surface area contributed by atoms with E-state index in [2.05, 4.69) is 42.8 Å². The van der Waals surface area contributed by atoms with Crippen LogP contribution in [0.3, 0.4) is 0 Å². The number of aromatic nitrogens is 1. The van der Waals surface area contributed by atoms with E-state index < -0.39 is 0 Å². The average molecular weight is 288 g/mol. The topological polar surface area (TPSA) is 33.2 Å². The molecule has 1 aromatic heterocycles. The second kappa shape index (κ2) is 6.18. The number of rotatable bonds is 5. The third kappa shape index (κ3) is 2.75. The smallest absolute Gasteiger partial charge is 0.190 e. The molecular weight excluding hydrogens is 268 g/mol. The number of carbonyl (C=O) groups is 1. The maximum absolute atomic E-state index is 11.2. The largest absolute Gasteiger partial charge is 0.321 e. The molecule has 0 saturated heterocycles. The maximum Gasteiger partial charge on any atom is 0.190 e. The van der Waals surface area contributed by atoms with Crippen molar-refractivity contribution in [2.45, 2.75) is 33.1 Å². The zero-order valence-corrected chi connectivity index (χ0v) is 13.2. The number of anilines is 2. The fourth-order valence-electron chi connectivity index (χ4n) is 2.15. The van der Waals surface area contributed by atoms with Crippen molar-refractivity contribution in [2.75, 3.05) is 11.9 Å². The Bertz CT molecular complexity index is 606. The molecule has 0 bridgehead atoms. The van der Waals surface area contributed by atoms with Crippen LogP contribution in [0.1, 0.15) is 47.1 Å². The Kier molecular flexibility index (Phi) is 4.55. The molecule has 0 fully saturated rings. The number of thiazole rings is 1. The van der Waals surface area contributed by atoms with Crippen LogP contribution in [0.15, 0.2) is 24.3 Å². The van der Waals surface area contributed by atoms with Gasteiger partial charge in [0.05, 0.1) is 10.6 Å². The number of benzene rings is 1. The Morgan fingerprint density at radius 1 is 1.40 bits per heavy atom. The third-order valence-corrected chi connectivity index (χ3v) is 4.69. The molecule has 0 aliphatic carbocycles. The summed E-state index contributed by atoms with van der Waals surface area (Å²) in [6, 6.07) is 8.19. The van der Waals surface area contributed by atoms with Crippen LogP contribution in [0.2, 0.25) is 0 Å². The lowest BCUT2D eigenvalue weighted by molar-refractivity contribution is 0.112. The highest BCUT2D eigenvalue weighted by Crippen LogP contribution is 2.34. The van der Waals surface area contributed by atoms with E-state index in [0.29, 0.717) is 5.92 Å². The molecule has 4 heteroatoms. The van der Waals surface area contributed by atoms with E-state index >= 15 is 0 Å². The highest BCUT2D eigenvalue weighted by Gasteiger charge is 2.18. The minimum absolute atomic E-state index is 0.311. The van der Waals surface area contributed by atoms with Crippen LogP contribution in [0.5, 0.6) is 0 Å². The number of aryl methyl sites for hydroxylation is 1. The van der Waals surface area contributed by atoms with E-state index in [1.807, 2.05) is 19.2 Å². The molecule has 106 valence electrons. The molecule has 1 atom stereocenters. The van der Waals surface area contributed by atoms with Gasteiger partial charge in [0, 0.05) is 12.7 Å². The van der Waals surface area contributed by atoms with E-state index in [4.69, 9.17) is 0 Å². The summed E-state index contributed by atoms with van der Waals surface area (Å²) in [4.78, 5) is 18.7. The first kappa shape index (κ1) is 14.7. The molecule has 0 aliphatic rings. The van der Waals surface area contributed by atoms with E-state index in [9.17, 15) is 4.79 Å². The first-order chi connectivity index (χ1) is 9.58. The van der Waals surface area contributed by atoms with Crippen molar-refractivity contribution in [2.24, 2.45) is 0 Å². The molecule has 0 aliphatic heterocycles. The van der Waals surface area contributed by atoms with Gasteiger partial charge >= 0.3 is 0 Å². The summed E-state index contributed by atoms with van der Waals surface area (Å²) in [5.41, 5.74) is 3.24. The Balaban J connectivity index is 2.41. The van der Waals surface area contributed by atoms with Crippen molar-refractivity contribution in [3.8, 4) is 0 Å². The summed E-state index contributed by atoms with van der Waals surface area (Å²) >= 11 is 1.46. The molecule has 1 heterocycles. The zero-order chi connectivity index (χ0) is 14.7. The van der Waals surface area contributed by atoms with Crippen LogP contribution in [-0.4, -0.2) is 18.3 Å². The normalized spacial score (nSPS) is 12.2. The molecule has 1 aromatic carbocycles. The molecule has 0 N–H and O–H groups in total. The van der Waals surface area contributed by atoms with Gasteiger partial charge in [0.2, 0.25) is 0 Å². The molecule has 3 nitrogen and oxygen atoms in total. The number of hydrogen-bond donors (Lipinski definition) is 0. The third-order valence-electron chi connectivity index (χ3n) is 3.62. The quantitative estimate of drug-likeness (QED) is 0.757. The second-order valence-electron chi connectivity index (χ2n) is 5.02. The Labute approximate surface area is 124 Å². The van der Waals surface area contributed by atoms with Crippen molar-refractivity contribution in [3.63, 3.8) is 0 Å². The van der Waals surface area contributed by atoms with Gasteiger partial charge in [0.15, 0.2) is 11.4 Å². The summed E-state index contributed by atoms with van der Waals surface area (Å²) in [6.07, 6.45) is 1.91. The Morgan fingerprint density at radius 3 is 2.70 bits per heavy atom. The van der Waals surface area contributed by atoms with Gasteiger partial charge in [-0.2, -0.15) is 0 Å². The van der Waals surface area contributed by atoms with Gasteiger partial charge in [0.1, 0.15) is 0 Å². The predicted octanol–water partition coefficient (Wildman–Crippen LogP) is 4.55. The average Bonchev–Trinajstić information content (AvgIpc) is 2.90. The van der Waals surface area contributed by atoms with Crippen LogP contribution < -0.4 is 4.90 Å². The van der Waals surface area contributed by atoms with Crippen molar-refractivity contribution < 1.29 is 4.79 Å². The second-order valence-corrected chi connectivity index (χ2v) is 6.03. The van der Waals surface area contributed by atoms with Crippen LogP contribution in [0.25, 0.3) is 0 Å². The first-order valence-electron chi connectivity index (χ1n) is 6.83. The Hall–Kier alpha value is -1.68. The fraction of sp³-hybridized carbons (Fsp3) is 0.375. The number of aldehydes is 1. The summed E-state index contributed by atoms with van der Waals surface area (Å²) in [7, 11) is 2.00. The molecular formula is C16H20N2OS. The number of carbonyl (C=O) groups excluding carboxylic acids is 1. The monoisotopic (exact) mass is 288 g/mol. The van der Waals surface area contributed by atoms with Crippen molar-refractivity contribution in [3.05, 3.63) is 40.4 Å². The number of hydrogen-bond acceptors (Lipinski definition) is 4. The summed E-state index contributed by atoms with van der Waals surface area (Å²) in [5, 5.41) is 0.872. The molecule has 2 aromatic rings. The van der Waals surface area contributed by atoms with Crippen LogP contribution >= 0.6 is 11.3 Å². The van der Waals surface area contributed by atoms with Crippen molar-refractivity contribution in [1.29, 1.82) is 0 Å². The predicted molar refractivity (Wildman–Crippen MR) is 85.4 cm³/mol. The van der Waals surface area contributed by atoms with E-state index in [-0.39, 0.29) is 0 Å². The van der Waals surface area contributed by atoms with Gasteiger partial charge < -0.3 is 4.90 Å². The number of para-hydroxylation sites is 1. The van der Waals surface area contributed by atoms with Crippen LogP contribution in [0.4, 0.5) is 10.8 Å². The zero-order valence-electron chi connectivity index (χ0n) is 12.4. The van der Waals surface area contributed by atoms with Gasteiger partial charge in [-0.3, -0.25) is 4.79 Å². The molecule has 0 spiro atoms. The van der Waals surface area contributed by atoms with Crippen molar-refractivity contribution in [1.82, 2.24) is 4.98 Å². The van der Waals surface area contributed by atoms with Crippen LogP contribution in [0, 0.1) is 6.92 Å². The lowest BCUT2D eigenvalue weighted by Crippen LogP contribution is -2.10. The SMILES string of the molecule is CCC(C)c1nc(N(C)c2ccccc2C)sc1C=O. The summed E-state index contributed by atoms with van der Waals surface area (Å²) < 4.78 is 0. The molecule has 20 heavy (non-hydrogen) atoms. The van der Waals surface area contributed by atoms with Gasteiger partial charge in [-0.15, -0.1) is 0 Å². The minimum Gasteiger partial charge on any atom is -0.321 e. The maximum atomic E-state index is 11.2. The summed E-state index contributed by atoms with van der Waals surface area (Å²) in [6.45, 7) is 6.30. The first-order valence-corrected chi connectivity index (χ1v) is 7.65. The summed E-state index contributed by atoms with van der Waals surface area (Å²) in [5.74, 6) is 0.311. The van der Waals surface area contributed by atoms with Gasteiger partial charge in [0.25, 0.3) is 0 Å². The standard InChI is InChI=1S/C16H20N2OS/c1-5-11(2)15-14(10-19)20-16(17-15)18(4)13-9-7-6-8-12(13)3/h6-11H,5H2,1-4H3. The Morgan fingerprint density at radius 2 is 2.10 bits per heavy atom. The van der Waals surface area contributed by atoms with Crippen molar-refractivity contribution >= 4 is 28.4 Å². The highest BCUT2D eigenvalue weighted by molar-refractivity contribution is 7.17. The lowest BCUT2D eigenvalue weighted by atomic mass is 10.0. The molecule has 0 saturated carbocycles. The van der Waals surface area contributed by atoms with Gasteiger partial charge in [-0.1, -0.05) is 43.4 Å². The van der Waals surface area contributed by atoms with Gasteiger partial charge in [-0.05, 0) is 30.9 Å². The van der Waals surface area contributed by atoms with Crippen LogP contribution in [-0.2, 0) is 0 Å². The molecule has 0 radical (unpaired) electrons. The van der Waals surface area contributed by atoms with Gasteiger partial charge in [-0.25, -0.2) is 4.98 Å².